The molecule has 3 heterocycles. The summed E-state index contributed by atoms with van der Waals surface area (Å²) in [6, 6.07) is 9.29. The minimum absolute atomic E-state index is 0.170. The number of unbranched alkanes of at least 4 members (excludes halogenated alkanes) is 1. The number of hydrogen-bond donors (Lipinski definition) is 2. The van der Waals surface area contributed by atoms with Crippen LogP contribution in [0.3, 0.4) is 0 Å². The third kappa shape index (κ3) is 4.17. The summed E-state index contributed by atoms with van der Waals surface area (Å²) in [5.74, 6) is 0.820. The molecule has 0 aliphatic carbocycles. The average molecular weight is 412 g/mol. The van der Waals surface area contributed by atoms with E-state index in [2.05, 4.69) is 32.4 Å². The molecule has 150 valence electrons. The Bertz CT molecular complexity index is 1210. The van der Waals surface area contributed by atoms with Gasteiger partial charge >= 0.3 is 0 Å². The van der Waals surface area contributed by atoms with Gasteiger partial charge in [0.2, 0.25) is 5.95 Å². The summed E-state index contributed by atoms with van der Waals surface area (Å²) in [6.07, 6.45) is 4.71. The van der Waals surface area contributed by atoms with E-state index in [9.17, 15) is 4.79 Å². The van der Waals surface area contributed by atoms with Crippen LogP contribution in [0.15, 0.2) is 41.3 Å². The van der Waals surface area contributed by atoms with E-state index in [1.54, 1.807) is 10.7 Å². The minimum atomic E-state index is -0.170. The van der Waals surface area contributed by atoms with Gasteiger partial charge in [-0.15, -0.1) is 0 Å². The van der Waals surface area contributed by atoms with Crippen molar-refractivity contribution in [3.63, 3.8) is 0 Å². The van der Waals surface area contributed by atoms with E-state index in [0.29, 0.717) is 23.3 Å². The number of benzene rings is 1. The van der Waals surface area contributed by atoms with E-state index >= 15 is 0 Å². The lowest BCUT2D eigenvalue weighted by Gasteiger charge is -2.07. The number of hydrogen-bond acceptors (Lipinski definition) is 5. The fourth-order valence-corrected chi connectivity index (χ4v) is 3.29. The first kappa shape index (κ1) is 19.2. The number of nitrogens with one attached hydrogen (secondary N) is 2. The summed E-state index contributed by atoms with van der Waals surface area (Å²) in [4.78, 5) is 21.2. The van der Waals surface area contributed by atoms with Crippen LogP contribution in [-0.2, 0) is 20.0 Å². The Balaban J connectivity index is 1.55. The maximum atomic E-state index is 12.3. The molecule has 4 rings (SSSR count). The molecule has 0 unspecified atom stereocenters. The minimum Gasteiger partial charge on any atom is -0.350 e. The maximum absolute atomic E-state index is 12.3. The van der Waals surface area contributed by atoms with Crippen molar-refractivity contribution >= 4 is 23.3 Å². The summed E-state index contributed by atoms with van der Waals surface area (Å²) < 4.78 is 3.10. The van der Waals surface area contributed by atoms with E-state index in [4.69, 9.17) is 11.6 Å². The van der Waals surface area contributed by atoms with Gasteiger partial charge in [0.15, 0.2) is 0 Å². The highest BCUT2D eigenvalue weighted by Crippen LogP contribution is 2.24. The molecule has 0 saturated heterocycles. The largest absolute Gasteiger partial charge is 0.350 e. The van der Waals surface area contributed by atoms with Crippen LogP contribution in [0.2, 0.25) is 5.02 Å². The smallest absolute Gasteiger partial charge is 0.274 e. The molecule has 0 aliphatic heterocycles. The van der Waals surface area contributed by atoms with Gasteiger partial charge in [-0.2, -0.15) is 14.6 Å². The van der Waals surface area contributed by atoms with Crippen molar-refractivity contribution in [3.8, 4) is 11.3 Å². The Morgan fingerprint density at radius 3 is 2.83 bits per heavy atom. The highest BCUT2D eigenvalue weighted by atomic mass is 35.5. The second-order valence-electron chi connectivity index (χ2n) is 6.93. The first-order chi connectivity index (χ1) is 14.0. The van der Waals surface area contributed by atoms with Crippen LogP contribution in [0.25, 0.3) is 17.0 Å². The van der Waals surface area contributed by atoms with E-state index in [0.717, 1.165) is 41.8 Å². The third-order valence-electron chi connectivity index (χ3n) is 4.67. The Labute approximate surface area is 172 Å². The van der Waals surface area contributed by atoms with Gasteiger partial charge in [-0.3, -0.25) is 14.6 Å². The zero-order chi connectivity index (χ0) is 20.4. The van der Waals surface area contributed by atoms with Crippen molar-refractivity contribution in [1.82, 2.24) is 29.4 Å². The third-order valence-corrected chi connectivity index (χ3v) is 5.04. The Morgan fingerprint density at radius 2 is 2.07 bits per heavy atom. The summed E-state index contributed by atoms with van der Waals surface area (Å²) in [5, 5.41) is 11.2. The second kappa shape index (κ2) is 8.08. The lowest BCUT2D eigenvalue weighted by atomic mass is 10.1. The molecule has 0 bridgehead atoms. The molecule has 0 atom stereocenters. The average Bonchev–Trinajstić information content (AvgIpc) is 3.32. The lowest BCUT2D eigenvalue weighted by Crippen LogP contribution is -2.15. The van der Waals surface area contributed by atoms with E-state index in [1.807, 2.05) is 37.5 Å². The Hall–Kier alpha value is -3.13. The number of nitrogens with zero attached hydrogens (tertiary/aromatic N) is 5. The molecule has 0 aliphatic rings. The van der Waals surface area contributed by atoms with Crippen molar-refractivity contribution < 1.29 is 0 Å². The van der Waals surface area contributed by atoms with Gasteiger partial charge in [0.1, 0.15) is 0 Å². The second-order valence-corrected chi connectivity index (χ2v) is 7.34. The monoisotopic (exact) mass is 411 g/mol. The molecular weight excluding hydrogens is 390 g/mol. The van der Waals surface area contributed by atoms with Crippen molar-refractivity contribution in [2.45, 2.75) is 32.7 Å². The zero-order valence-electron chi connectivity index (χ0n) is 16.3. The van der Waals surface area contributed by atoms with Gasteiger partial charge in [0, 0.05) is 36.4 Å². The number of aromatic nitrogens is 6. The molecule has 0 spiro atoms. The van der Waals surface area contributed by atoms with Crippen LogP contribution in [0.4, 0.5) is 5.95 Å². The fourth-order valence-electron chi connectivity index (χ4n) is 3.11. The topological polar surface area (TPSA) is 92.9 Å². The number of H-pyrrole nitrogens is 1. The molecule has 0 amide bonds. The SMILES string of the molecule is CCCCc1cc(=O)n2[nH]c(NCc3cc(-c4ccn(C)n4)ccc3Cl)nc2n1. The number of anilines is 1. The van der Waals surface area contributed by atoms with Crippen molar-refractivity contribution in [1.29, 1.82) is 0 Å². The molecule has 8 nitrogen and oxygen atoms in total. The van der Waals surface area contributed by atoms with Crippen LogP contribution < -0.4 is 10.9 Å². The summed E-state index contributed by atoms with van der Waals surface area (Å²) in [7, 11) is 1.88. The molecule has 3 aromatic heterocycles. The van der Waals surface area contributed by atoms with Crippen molar-refractivity contribution in [2.75, 3.05) is 5.32 Å². The van der Waals surface area contributed by atoms with Gasteiger partial charge in [-0.1, -0.05) is 31.0 Å². The first-order valence-corrected chi connectivity index (χ1v) is 9.92. The van der Waals surface area contributed by atoms with Gasteiger partial charge < -0.3 is 5.32 Å². The number of fused-ring (bicyclic) bond motifs is 1. The van der Waals surface area contributed by atoms with Crippen LogP contribution in [0, 0.1) is 0 Å². The van der Waals surface area contributed by atoms with E-state index < -0.39 is 0 Å². The Morgan fingerprint density at radius 1 is 1.21 bits per heavy atom. The first-order valence-electron chi connectivity index (χ1n) is 9.54. The van der Waals surface area contributed by atoms with Gasteiger partial charge in [0.25, 0.3) is 11.3 Å². The normalized spacial score (nSPS) is 11.3. The summed E-state index contributed by atoms with van der Waals surface area (Å²) >= 11 is 6.36. The molecule has 0 saturated carbocycles. The highest BCUT2D eigenvalue weighted by molar-refractivity contribution is 6.31. The molecule has 9 heteroatoms. The number of rotatable bonds is 7. The maximum Gasteiger partial charge on any atom is 0.274 e. The molecule has 2 N–H and O–H groups in total. The van der Waals surface area contributed by atoms with Gasteiger partial charge in [0.05, 0.1) is 11.4 Å². The molecule has 1 aromatic carbocycles. The predicted octanol–water partition coefficient (Wildman–Crippen LogP) is 3.43. The number of halogens is 1. The fraction of sp³-hybridized carbons (Fsp3) is 0.300. The molecule has 0 radical (unpaired) electrons. The summed E-state index contributed by atoms with van der Waals surface area (Å²) in [5.41, 5.74) is 3.36. The van der Waals surface area contributed by atoms with Gasteiger partial charge in [-0.05, 0) is 36.6 Å². The van der Waals surface area contributed by atoms with Crippen LogP contribution in [0.5, 0.6) is 0 Å². The molecule has 0 fully saturated rings. The standard InChI is InChI=1S/C20H22ClN7O/c1-3-4-5-15-11-18(29)28-20(23-15)24-19(26-28)22-12-14-10-13(6-7-16(14)21)17-8-9-27(2)25-17/h6-11H,3-5,12H2,1-2H3,(H2,22,23,24,26). The van der Waals surface area contributed by atoms with Crippen molar-refractivity contribution in [3.05, 3.63) is 63.2 Å². The quantitative estimate of drug-likeness (QED) is 0.486. The Kier molecular flexibility index (Phi) is 5.35. The van der Waals surface area contributed by atoms with Gasteiger partial charge in [-0.25, -0.2) is 4.98 Å². The van der Waals surface area contributed by atoms with Crippen LogP contribution in [-0.4, -0.2) is 29.4 Å². The molecule has 29 heavy (non-hydrogen) atoms. The van der Waals surface area contributed by atoms with Crippen molar-refractivity contribution in [2.24, 2.45) is 7.05 Å². The predicted molar refractivity (Wildman–Crippen MR) is 113 cm³/mol. The van der Waals surface area contributed by atoms with E-state index in [-0.39, 0.29) is 5.56 Å². The van der Waals surface area contributed by atoms with Crippen LogP contribution >= 0.6 is 11.6 Å². The van der Waals surface area contributed by atoms with Crippen LogP contribution in [0.1, 0.15) is 31.0 Å². The molecule has 4 aromatic rings. The van der Waals surface area contributed by atoms with E-state index in [1.165, 1.54) is 4.52 Å². The summed E-state index contributed by atoms with van der Waals surface area (Å²) in [6.45, 7) is 2.55. The number of aryl methyl sites for hydroxylation is 2. The molecular formula is C20H22ClN7O. The number of aromatic amines is 1. The lowest BCUT2D eigenvalue weighted by molar-refractivity contribution is 0.766. The highest BCUT2D eigenvalue weighted by Gasteiger charge is 2.10. The zero-order valence-corrected chi connectivity index (χ0v) is 17.1.